The van der Waals surface area contributed by atoms with E-state index in [4.69, 9.17) is 14.2 Å². The summed E-state index contributed by atoms with van der Waals surface area (Å²) in [6.45, 7) is 0.927. The van der Waals surface area contributed by atoms with E-state index < -0.39 is 11.9 Å². The van der Waals surface area contributed by atoms with E-state index in [1.54, 1.807) is 78.9 Å². The van der Waals surface area contributed by atoms with Crippen LogP contribution in [0.4, 0.5) is 11.4 Å². The summed E-state index contributed by atoms with van der Waals surface area (Å²) in [4.78, 5) is 48.3. The molecular weight excluding hydrogens is 697 g/mol. The smallest absolute Gasteiger partial charge is 0.339 e. The summed E-state index contributed by atoms with van der Waals surface area (Å²) in [6, 6.07) is 46.8. The fourth-order valence-electron chi connectivity index (χ4n) is 5.34. The van der Waals surface area contributed by atoms with Crippen molar-refractivity contribution < 1.29 is 38.5 Å². The molecule has 0 aromatic heterocycles. The van der Waals surface area contributed by atoms with Crippen LogP contribution in [0, 0.1) is 0 Å². The molecule has 6 aromatic carbocycles. The second-order valence-electron chi connectivity index (χ2n) is 12.0. The Labute approximate surface area is 319 Å². The maximum atomic E-state index is 12.5. The molecule has 0 fully saturated rings. The molecule has 0 aliphatic rings. The van der Waals surface area contributed by atoms with Crippen LogP contribution in [0.1, 0.15) is 52.6 Å². The first-order valence-corrected chi connectivity index (χ1v) is 17.5. The predicted octanol–water partition coefficient (Wildman–Crippen LogP) is 8.61. The van der Waals surface area contributed by atoms with E-state index >= 15 is 0 Å². The third-order valence-corrected chi connectivity index (χ3v) is 8.19. The largest absolute Gasteiger partial charge is 0.493 e. The molecule has 0 unspecified atom stereocenters. The predicted molar refractivity (Wildman–Crippen MR) is 211 cm³/mol. The molecule has 278 valence electrons. The van der Waals surface area contributed by atoms with Gasteiger partial charge in [0.05, 0.1) is 42.8 Å². The Morgan fingerprint density at radius 2 is 0.891 bits per heavy atom. The third kappa shape index (κ3) is 11.9. The fourth-order valence-corrected chi connectivity index (χ4v) is 5.34. The van der Waals surface area contributed by atoms with Gasteiger partial charge in [0.25, 0.3) is 11.8 Å². The number of carboxylic acids is 1. The van der Waals surface area contributed by atoms with Gasteiger partial charge in [0.15, 0.2) is 0 Å². The van der Waals surface area contributed by atoms with E-state index in [0.717, 1.165) is 18.4 Å². The Kier molecular flexibility index (Phi) is 14.3. The molecule has 0 heterocycles. The average molecular weight is 737 g/mol. The molecule has 0 bridgehead atoms. The molecule has 55 heavy (non-hydrogen) atoms. The van der Waals surface area contributed by atoms with Crippen molar-refractivity contribution in [3.8, 4) is 11.5 Å². The summed E-state index contributed by atoms with van der Waals surface area (Å²) in [5, 5.41) is 14.8. The second kappa shape index (κ2) is 20.1. The minimum atomic E-state index is -1.12. The van der Waals surface area contributed by atoms with Crippen LogP contribution < -0.4 is 20.1 Å². The highest BCUT2D eigenvalue weighted by molar-refractivity contribution is 6.09. The first-order chi connectivity index (χ1) is 26.8. The van der Waals surface area contributed by atoms with Crippen molar-refractivity contribution >= 4 is 35.1 Å². The van der Waals surface area contributed by atoms with E-state index in [9.17, 15) is 24.3 Å². The van der Waals surface area contributed by atoms with Crippen LogP contribution in [0.5, 0.6) is 11.5 Å². The first kappa shape index (κ1) is 39.0. The highest BCUT2D eigenvalue weighted by Crippen LogP contribution is 2.26. The van der Waals surface area contributed by atoms with Crippen molar-refractivity contribution in [2.75, 3.05) is 31.0 Å². The number of carbonyl (C=O) groups is 4. The van der Waals surface area contributed by atoms with Gasteiger partial charge in [-0.2, -0.15) is 0 Å². The third-order valence-electron chi connectivity index (χ3n) is 8.19. The molecule has 3 N–H and O–H groups in total. The number of esters is 1. The van der Waals surface area contributed by atoms with E-state index in [1.165, 1.54) is 24.8 Å². The number of ether oxygens (including phenoxy) is 3. The molecule has 0 saturated carbocycles. The summed E-state index contributed by atoms with van der Waals surface area (Å²) >= 11 is 0. The zero-order chi connectivity index (χ0) is 38.8. The van der Waals surface area contributed by atoms with Gasteiger partial charge in [0.1, 0.15) is 11.5 Å². The number of carboxylic acid groups (broad SMARTS) is 1. The number of hydrogen-bond donors (Lipinski definition) is 3. The number of nitrogens with one attached hydrogen (secondary N) is 2. The zero-order valence-corrected chi connectivity index (χ0v) is 30.1. The van der Waals surface area contributed by atoms with Crippen LogP contribution in [0.15, 0.2) is 158 Å². The first-order valence-electron chi connectivity index (χ1n) is 17.5. The van der Waals surface area contributed by atoms with Crippen LogP contribution in [-0.4, -0.2) is 49.2 Å². The lowest BCUT2D eigenvalue weighted by Gasteiger charge is -2.13. The maximum absolute atomic E-state index is 12.5. The van der Waals surface area contributed by atoms with Crippen LogP contribution in [0.2, 0.25) is 0 Å². The molecule has 0 aliphatic carbocycles. The summed E-state index contributed by atoms with van der Waals surface area (Å²) < 4.78 is 16.3. The molecule has 0 atom stereocenters. The number of methoxy groups -OCH3 is 1. The number of rotatable bonds is 14. The van der Waals surface area contributed by atoms with Crippen LogP contribution >= 0.6 is 0 Å². The van der Waals surface area contributed by atoms with Gasteiger partial charge in [-0.3, -0.25) is 9.59 Å². The molecule has 10 nitrogen and oxygen atoms in total. The number of benzene rings is 6. The van der Waals surface area contributed by atoms with Gasteiger partial charge in [-0.25, -0.2) is 9.59 Å². The highest BCUT2D eigenvalue weighted by Gasteiger charge is 2.17. The van der Waals surface area contributed by atoms with Crippen molar-refractivity contribution in [3.63, 3.8) is 0 Å². The Morgan fingerprint density at radius 1 is 0.509 bits per heavy atom. The van der Waals surface area contributed by atoms with Gasteiger partial charge in [-0.05, 0) is 59.7 Å². The molecule has 0 radical (unpaired) electrons. The molecule has 6 aromatic rings. The minimum absolute atomic E-state index is 0.00897. The van der Waals surface area contributed by atoms with Gasteiger partial charge in [-0.1, -0.05) is 97.1 Å². The normalized spacial score (nSPS) is 10.2. The number of hydrogen-bond acceptors (Lipinski definition) is 7. The molecule has 10 heteroatoms. The summed E-state index contributed by atoms with van der Waals surface area (Å²) in [6.07, 6.45) is 1.48. The standard InChI is InChI=1S/C23H21NO4.C22H19NO4/c1-27-23(26)20-13-12-19(28-15-14-17-8-4-2-5-9-17)16-21(20)24-22(25)18-10-6-3-7-11-18;24-21(17-9-5-2-6-10-17)23-20-15-18(11-12-19(20)22(25)26)27-14-13-16-7-3-1-4-8-16/h2-13,16H,14-15H2,1H3,(H,24,25);1-12,15H,13-14H2,(H,23,24)(H,25,26). The Hall–Kier alpha value is -7.20. The molecule has 2 amide bonds. The second-order valence-corrected chi connectivity index (χ2v) is 12.0. The van der Waals surface area contributed by atoms with Crippen molar-refractivity contribution in [1.82, 2.24) is 0 Å². The molecule has 0 saturated heterocycles. The molecule has 6 rings (SSSR count). The molecular formula is C45H40N2O8. The zero-order valence-electron chi connectivity index (χ0n) is 30.1. The summed E-state index contributed by atoms with van der Waals surface area (Å²) in [5.41, 5.74) is 4.09. The van der Waals surface area contributed by atoms with Crippen molar-refractivity contribution in [1.29, 1.82) is 0 Å². The maximum Gasteiger partial charge on any atom is 0.339 e. The minimum Gasteiger partial charge on any atom is -0.493 e. The monoisotopic (exact) mass is 736 g/mol. The van der Waals surface area contributed by atoms with E-state index in [0.29, 0.717) is 41.5 Å². The van der Waals surface area contributed by atoms with E-state index in [1.807, 2.05) is 66.7 Å². The van der Waals surface area contributed by atoms with Gasteiger partial charge in [0, 0.05) is 36.1 Å². The van der Waals surface area contributed by atoms with Crippen molar-refractivity contribution in [3.05, 3.63) is 191 Å². The van der Waals surface area contributed by atoms with Gasteiger partial charge < -0.3 is 30.0 Å². The van der Waals surface area contributed by atoms with E-state index in [2.05, 4.69) is 10.6 Å². The van der Waals surface area contributed by atoms with Crippen LogP contribution in [-0.2, 0) is 17.6 Å². The lowest BCUT2D eigenvalue weighted by molar-refractivity contribution is 0.0600. The Balaban J connectivity index is 0.000000211. The quantitative estimate of drug-likeness (QED) is 0.0945. The number of amides is 2. The van der Waals surface area contributed by atoms with Crippen LogP contribution in [0.25, 0.3) is 0 Å². The Bertz CT molecular complexity index is 2180. The number of carbonyl (C=O) groups excluding carboxylic acids is 3. The molecule has 0 aliphatic heterocycles. The number of aromatic carboxylic acids is 1. The fraction of sp³-hybridized carbons (Fsp3) is 0.111. The van der Waals surface area contributed by atoms with Gasteiger partial charge in [0.2, 0.25) is 0 Å². The average Bonchev–Trinajstić information content (AvgIpc) is 3.22. The van der Waals surface area contributed by atoms with Crippen molar-refractivity contribution in [2.45, 2.75) is 12.8 Å². The lowest BCUT2D eigenvalue weighted by atomic mass is 10.1. The molecule has 0 spiro atoms. The van der Waals surface area contributed by atoms with Crippen molar-refractivity contribution in [2.24, 2.45) is 0 Å². The van der Waals surface area contributed by atoms with Gasteiger partial charge >= 0.3 is 11.9 Å². The topological polar surface area (TPSA) is 140 Å². The SMILES string of the molecule is COC(=O)c1ccc(OCCc2ccccc2)cc1NC(=O)c1ccccc1.O=C(Nc1cc(OCCc2ccccc2)ccc1C(=O)O)c1ccccc1. The summed E-state index contributed by atoms with van der Waals surface area (Å²) in [7, 11) is 1.30. The van der Waals surface area contributed by atoms with E-state index in [-0.39, 0.29) is 28.6 Å². The van der Waals surface area contributed by atoms with Gasteiger partial charge in [-0.15, -0.1) is 0 Å². The van der Waals surface area contributed by atoms with Crippen LogP contribution in [0.3, 0.4) is 0 Å². The Morgan fingerprint density at radius 3 is 1.29 bits per heavy atom. The highest BCUT2D eigenvalue weighted by atomic mass is 16.5. The summed E-state index contributed by atoms with van der Waals surface area (Å²) in [5.74, 6) is -1.27. The number of anilines is 2. The lowest BCUT2D eigenvalue weighted by Crippen LogP contribution is -2.15.